The third-order valence-corrected chi connectivity index (χ3v) is 7.68. The fourth-order valence-corrected chi connectivity index (χ4v) is 5.34. The minimum absolute atomic E-state index is 0.133. The van der Waals surface area contributed by atoms with E-state index in [-0.39, 0.29) is 11.5 Å². The fraction of sp³-hybridized carbons (Fsp3) is 0.429. The average Bonchev–Trinajstić information content (AvgIpc) is 3.46. The maximum Gasteiger partial charge on any atom is 0.163 e. The smallest absolute Gasteiger partial charge is 0.163 e. The predicted molar refractivity (Wildman–Crippen MR) is 130 cm³/mol. The topological polar surface area (TPSA) is 54.1 Å². The first-order valence-corrected chi connectivity index (χ1v) is 11.9. The minimum Gasteiger partial charge on any atom is -0.294 e. The van der Waals surface area contributed by atoms with Gasteiger partial charge in [0.2, 0.25) is 0 Å². The van der Waals surface area contributed by atoms with Crippen LogP contribution >= 0.6 is 0 Å². The number of ketones is 1. The van der Waals surface area contributed by atoms with Crippen LogP contribution in [0.2, 0.25) is 0 Å². The van der Waals surface area contributed by atoms with E-state index >= 15 is 0 Å². The minimum atomic E-state index is 0.133. The lowest BCUT2D eigenvalue weighted by atomic mass is 9.67. The Hall–Kier alpha value is -2.88. The van der Waals surface area contributed by atoms with E-state index in [4.69, 9.17) is 4.99 Å². The number of fused-ring (bicyclic) bond motifs is 2. The van der Waals surface area contributed by atoms with Crippen molar-refractivity contribution in [3.63, 3.8) is 0 Å². The van der Waals surface area contributed by atoms with Crippen LogP contribution in [0, 0.1) is 11.3 Å². The van der Waals surface area contributed by atoms with Gasteiger partial charge in [-0.15, -0.1) is 0 Å². The van der Waals surface area contributed by atoms with Gasteiger partial charge < -0.3 is 0 Å². The third kappa shape index (κ3) is 3.46. The summed E-state index contributed by atoms with van der Waals surface area (Å²) in [4.78, 5) is 17.8. The number of carbonyl (C=O) groups is 1. The van der Waals surface area contributed by atoms with Crippen LogP contribution in [0.3, 0.4) is 0 Å². The molecule has 0 aromatic heterocycles. The Bertz CT molecular complexity index is 1180. The van der Waals surface area contributed by atoms with Crippen molar-refractivity contribution in [2.24, 2.45) is 26.6 Å². The van der Waals surface area contributed by atoms with Crippen LogP contribution < -0.4 is 0 Å². The largest absolute Gasteiger partial charge is 0.294 e. The highest BCUT2D eigenvalue weighted by molar-refractivity contribution is 6.15. The zero-order chi connectivity index (χ0) is 22.5. The molecule has 0 spiro atoms. The molecule has 0 saturated heterocycles. The van der Waals surface area contributed by atoms with Gasteiger partial charge >= 0.3 is 0 Å². The highest BCUT2D eigenvalue weighted by Gasteiger charge is 2.36. The summed E-state index contributed by atoms with van der Waals surface area (Å²) >= 11 is 0. The molecule has 0 amide bonds. The molecule has 5 rings (SSSR count). The molecule has 2 aliphatic heterocycles. The summed E-state index contributed by atoms with van der Waals surface area (Å²) in [7, 11) is 0. The molecule has 1 aliphatic carbocycles. The molecule has 32 heavy (non-hydrogen) atoms. The van der Waals surface area contributed by atoms with Gasteiger partial charge in [-0.3, -0.25) is 9.79 Å². The standard InChI is InChI=1S/C28H31N3O/c1-5-28(6-2)14-20-8-7-18(11-23(20)26(32)15-28)21-13-24(29-16-21)19-9-10-22-25(12-19)30-31-27(22)17(3)4/h7-13,17,27H,5-6,14-16H2,1-4H3. The molecule has 0 radical (unpaired) electrons. The molecular weight excluding hydrogens is 394 g/mol. The summed E-state index contributed by atoms with van der Waals surface area (Å²) in [6, 6.07) is 13.0. The number of carbonyl (C=O) groups excluding carboxylic acids is 1. The maximum atomic E-state index is 13.0. The number of benzene rings is 2. The lowest BCUT2D eigenvalue weighted by molar-refractivity contribution is 0.0871. The van der Waals surface area contributed by atoms with E-state index in [1.807, 2.05) is 0 Å². The van der Waals surface area contributed by atoms with Crippen LogP contribution in [0.15, 0.2) is 57.7 Å². The quantitative estimate of drug-likeness (QED) is 0.496. The van der Waals surface area contributed by atoms with E-state index in [1.165, 1.54) is 16.7 Å². The van der Waals surface area contributed by atoms with E-state index in [1.54, 1.807) is 0 Å². The van der Waals surface area contributed by atoms with Crippen molar-refractivity contribution < 1.29 is 4.79 Å². The first kappa shape index (κ1) is 21.0. The molecule has 2 aromatic carbocycles. The third-order valence-electron chi connectivity index (χ3n) is 7.68. The van der Waals surface area contributed by atoms with Gasteiger partial charge in [0.05, 0.1) is 17.9 Å². The van der Waals surface area contributed by atoms with Crippen molar-refractivity contribution >= 4 is 22.8 Å². The van der Waals surface area contributed by atoms with Crippen molar-refractivity contribution in [1.82, 2.24) is 0 Å². The zero-order valence-corrected chi connectivity index (χ0v) is 19.5. The SMILES string of the molecule is CCC1(CC)CC(=O)c2cc(C3=CC(c4ccc5c(c4)N=NC5C(C)C)=NC3)ccc2C1. The van der Waals surface area contributed by atoms with Gasteiger partial charge in [-0.05, 0) is 65.5 Å². The van der Waals surface area contributed by atoms with E-state index < -0.39 is 0 Å². The second-order valence-corrected chi connectivity index (χ2v) is 9.90. The number of rotatable bonds is 5. The van der Waals surface area contributed by atoms with Crippen molar-refractivity contribution in [2.45, 2.75) is 59.4 Å². The number of hydrogen-bond donors (Lipinski definition) is 0. The molecule has 0 bridgehead atoms. The number of nitrogens with zero attached hydrogens (tertiary/aromatic N) is 3. The monoisotopic (exact) mass is 425 g/mol. The number of hydrogen-bond acceptors (Lipinski definition) is 4. The van der Waals surface area contributed by atoms with Crippen molar-refractivity contribution in [3.8, 4) is 0 Å². The number of Topliss-reactive ketones (excluding diaryl/α,β-unsaturated/α-hetero) is 1. The molecule has 0 fully saturated rings. The molecule has 4 nitrogen and oxygen atoms in total. The van der Waals surface area contributed by atoms with Gasteiger partial charge in [-0.1, -0.05) is 52.0 Å². The van der Waals surface area contributed by atoms with Crippen LogP contribution in [0.25, 0.3) is 5.57 Å². The Morgan fingerprint density at radius 1 is 1.03 bits per heavy atom. The first-order chi connectivity index (χ1) is 15.4. The lowest BCUT2D eigenvalue weighted by Gasteiger charge is -2.36. The van der Waals surface area contributed by atoms with Crippen molar-refractivity contribution in [2.75, 3.05) is 6.54 Å². The summed E-state index contributed by atoms with van der Waals surface area (Å²) in [6.07, 6.45) is 5.93. The Labute approximate surface area is 190 Å². The molecule has 0 N–H and O–H groups in total. The van der Waals surface area contributed by atoms with E-state index in [2.05, 4.69) is 80.4 Å². The van der Waals surface area contributed by atoms with Crippen LogP contribution in [-0.4, -0.2) is 18.0 Å². The average molecular weight is 426 g/mol. The van der Waals surface area contributed by atoms with Gasteiger partial charge in [-0.2, -0.15) is 10.2 Å². The van der Waals surface area contributed by atoms with Crippen LogP contribution in [0.1, 0.15) is 85.6 Å². The molecule has 164 valence electrons. The van der Waals surface area contributed by atoms with Gasteiger partial charge in [0.1, 0.15) is 6.04 Å². The summed E-state index contributed by atoms with van der Waals surface area (Å²) in [5.41, 5.74) is 8.74. The summed E-state index contributed by atoms with van der Waals surface area (Å²) in [6.45, 7) is 9.42. The maximum absolute atomic E-state index is 13.0. The molecule has 3 aliphatic rings. The molecule has 2 heterocycles. The van der Waals surface area contributed by atoms with Crippen LogP contribution in [-0.2, 0) is 6.42 Å². The Balaban J connectivity index is 1.40. The Morgan fingerprint density at radius 3 is 2.56 bits per heavy atom. The molecule has 1 atom stereocenters. The molecule has 4 heteroatoms. The Kier molecular flexibility index (Phi) is 5.19. The van der Waals surface area contributed by atoms with Crippen LogP contribution in [0.5, 0.6) is 0 Å². The van der Waals surface area contributed by atoms with Crippen molar-refractivity contribution in [1.29, 1.82) is 0 Å². The number of aliphatic imine (C=N–C) groups is 1. The van der Waals surface area contributed by atoms with E-state index in [0.717, 1.165) is 47.4 Å². The van der Waals surface area contributed by atoms with Crippen LogP contribution in [0.4, 0.5) is 5.69 Å². The van der Waals surface area contributed by atoms with Gasteiger partial charge in [0.15, 0.2) is 5.78 Å². The molecule has 2 aromatic rings. The van der Waals surface area contributed by atoms with E-state index in [0.29, 0.717) is 24.7 Å². The van der Waals surface area contributed by atoms with Gasteiger partial charge in [0.25, 0.3) is 0 Å². The summed E-state index contributed by atoms with van der Waals surface area (Å²) < 4.78 is 0. The zero-order valence-electron chi connectivity index (χ0n) is 19.5. The predicted octanol–water partition coefficient (Wildman–Crippen LogP) is 7.30. The highest BCUT2D eigenvalue weighted by Crippen LogP contribution is 2.42. The summed E-state index contributed by atoms with van der Waals surface area (Å²) in [5, 5.41) is 8.85. The van der Waals surface area contributed by atoms with Crippen molar-refractivity contribution in [3.05, 3.63) is 70.3 Å². The second kappa shape index (κ2) is 7.91. The second-order valence-electron chi connectivity index (χ2n) is 9.90. The number of azo groups is 1. The summed E-state index contributed by atoms with van der Waals surface area (Å²) in [5.74, 6) is 0.730. The molecular formula is C28H31N3O. The number of allylic oxidation sites excluding steroid dienone is 1. The normalized spacial score (nSPS) is 20.9. The van der Waals surface area contributed by atoms with Gasteiger partial charge in [0, 0.05) is 23.1 Å². The molecule has 1 unspecified atom stereocenters. The first-order valence-electron chi connectivity index (χ1n) is 11.9. The highest BCUT2D eigenvalue weighted by atomic mass is 16.1. The molecule has 0 saturated carbocycles. The lowest BCUT2D eigenvalue weighted by Crippen LogP contribution is -2.31. The van der Waals surface area contributed by atoms with E-state index in [9.17, 15) is 4.79 Å². The Morgan fingerprint density at radius 2 is 1.81 bits per heavy atom. The fourth-order valence-electron chi connectivity index (χ4n) is 5.34. The van der Waals surface area contributed by atoms with Gasteiger partial charge in [-0.25, -0.2) is 0 Å².